The molecule has 0 aromatic heterocycles. The van der Waals surface area contributed by atoms with Crippen LogP contribution >= 0.6 is 0 Å². The standard InChI is InChI=1S/C28H39N3O7S/c1-20(28(33)29-22-11-7-6-8-12-22)30(18-21-10-9-13-23(16-21)36-2)27(32)19-31(39(5,34)35)25-15-14-24(37-3)17-26(25)38-4/h9-10,13-17,20,22H,6-8,11-12,18-19H2,1-5H3,(H,29,33). The third-order valence-electron chi connectivity index (χ3n) is 6.94. The Bertz CT molecular complexity index is 1250. The molecule has 1 saturated carbocycles. The number of rotatable bonds is 12. The molecule has 0 spiro atoms. The van der Waals surface area contributed by atoms with Crippen LogP contribution in [0.15, 0.2) is 42.5 Å². The first-order chi connectivity index (χ1) is 18.6. The Morgan fingerprint density at radius 3 is 2.26 bits per heavy atom. The second-order valence-electron chi connectivity index (χ2n) is 9.70. The molecule has 10 nitrogen and oxygen atoms in total. The summed E-state index contributed by atoms with van der Waals surface area (Å²) in [7, 11) is 0.542. The van der Waals surface area contributed by atoms with Gasteiger partial charge in [0, 0.05) is 18.7 Å². The van der Waals surface area contributed by atoms with Crippen molar-refractivity contribution >= 4 is 27.5 Å². The van der Waals surface area contributed by atoms with Crippen LogP contribution in [0, 0.1) is 0 Å². The first-order valence-electron chi connectivity index (χ1n) is 13.0. The van der Waals surface area contributed by atoms with E-state index < -0.39 is 28.5 Å². The van der Waals surface area contributed by atoms with E-state index in [1.54, 1.807) is 44.4 Å². The van der Waals surface area contributed by atoms with E-state index in [4.69, 9.17) is 14.2 Å². The predicted octanol–water partition coefficient (Wildman–Crippen LogP) is 3.34. The summed E-state index contributed by atoms with van der Waals surface area (Å²) in [5, 5.41) is 3.09. The summed E-state index contributed by atoms with van der Waals surface area (Å²) >= 11 is 0. The number of nitrogens with one attached hydrogen (secondary N) is 1. The molecule has 39 heavy (non-hydrogen) atoms. The van der Waals surface area contributed by atoms with E-state index in [9.17, 15) is 18.0 Å². The number of methoxy groups -OCH3 is 3. The number of ether oxygens (including phenoxy) is 3. The Morgan fingerprint density at radius 2 is 1.64 bits per heavy atom. The Hall–Kier alpha value is -3.47. The number of amides is 2. The minimum absolute atomic E-state index is 0.0681. The van der Waals surface area contributed by atoms with Crippen LogP contribution in [0.25, 0.3) is 0 Å². The highest BCUT2D eigenvalue weighted by Crippen LogP contribution is 2.33. The molecule has 0 aliphatic heterocycles. The first-order valence-corrected chi connectivity index (χ1v) is 14.8. The van der Waals surface area contributed by atoms with Crippen molar-refractivity contribution in [3.8, 4) is 17.2 Å². The van der Waals surface area contributed by atoms with Gasteiger partial charge < -0.3 is 24.4 Å². The minimum Gasteiger partial charge on any atom is -0.497 e. The average molecular weight is 562 g/mol. The predicted molar refractivity (Wildman–Crippen MR) is 150 cm³/mol. The molecule has 0 saturated heterocycles. The van der Waals surface area contributed by atoms with Gasteiger partial charge in [-0.05, 0) is 49.6 Å². The maximum absolute atomic E-state index is 13.8. The van der Waals surface area contributed by atoms with E-state index in [1.807, 2.05) is 6.07 Å². The molecule has 2 amide bonds. The summed E-state index contributed by atoms with van der Waals surface area (Å²) < 4.78 is 42.7. The number of benzene rings is 2. The first kappa shape index (κ1) is 30.1. The van der Waals surface area contributed by atoms with Gasteiger partial charge in [-0.2, -0.15) is 0 Å². The SMILES string of the molecule is COc1cccc(CN(C(=O)CN(c2ccc(OC)cc2OC)S(C)(=O)=O)C(C)C(=O)NC2CCCCC2)c1. The van der Waals surface area contributed by atoms with Crippen molar-refractivity contribution in [2.45, 2.75) is 57.7 Å². The number of nitrogens with zero attached hydrogens (tertiary/aromatic N) is 2. The third-order valence-corrected chi connectivity index (χ3v) is 8.07. The molecule has 0 radical (unpaired) electrons. The van der Waals surface area contributed by atoms with Gasteiger partial charge in [-0.1, -0.05) is 31.4 Å². The lowest BCUT2D eigenvalue weighted by atomic mass is 9.95. The highest BCUT2D eigenvalue weighted by atomic mass is 32.2. The van der Waals surface area contributed by atoms with E-state index in [2.05, 4.69) is 5.32 Å². The van der Waals surface area contributed by atoms with Crippen LogP contribution in [0.3, 0.4) is 0 Å². The van der Waals surface area contributed by atoms with E-state index in [-0.39, 0.29) is 29.9 Å². The molecular formula is C28H39N3O7S. The summed E-state index contributed by atoms with van der Waals surface area (Å²) in [4.78, 5) is 28.5. The maximum atomic E-state index is 13.8. The van der Waals surface area contributed by atoms with Crippen molar-refractivity contribution in [1.82, 2.24) is 10.2 Å². The molecule has 1 unspecified atom stereocenters. The molecule has 3 rings (SSSR count). The molecule has 0 heterocycles. The van der Waals surface area contributed by atoms with Gasteiger partial charge in [0.1, 0.15) is 29.8 Å². The monoisotopic (exact) mass is 561 g/mol. The zero-order chi connectivity index (χ0) is 28.6. The molecule has 2 aromatic rings. The Labute approximate surface area is 231 Å². The molecule has 2 aromatic carbocycles. The quantitative estimate of drug-likeness (QED) is 0.423. The number of sulfonamides is 1. The van der Waals surface area contributed by atoms with Crippen molar-refractivity contribution in [2.24, 2.45) is 0 Å². The smallest absolute Gasteiger partial charge is 0.244 e. The Morgan fingerprint density at radius 1 is 0.974 bits per heavy atom. The van der Waals surface area contributed by atoms with Crippen LogP contribution in [0.2, 0.25) is 0 Å². The second kappa shape index (κ2) is 13.5. The summed E-state index contributed by atoms with van der Waals surface area (Å²) in [5.74, 6) is 0.511. The highest BCUT2D eigenvalue weighted by Gasteiger charge is 2.32. The molecule has 11 heteroatoms. The van der Waals surface area contributed by atoms with Crippen LogP contribution in [-0.4, -0.2) is 71.3 Å². The summed E-state index contributed by atoms with van der Waals surface area (Å²) in [6.07, 6.45) is 6.09. The third kappa shape index (κ3) is 8.01. The van der Waals surface area contributed by atoms with Crippen LogP contribution in [0.4, 0.5) is 5.69 Å². The molecule has 1 aliphatic carbocycles. The van der Waals surface area contributed by atoms with Gasteiger partial charge >= 0.3 is 0 Å². The van der Waals surface area contributed by atoms with Crippen molar-refractivity contribution in [3.05, 3.63) is 48.0 Å². The molecule has 1 atom stereocenters. The summed E-state index contributed by atoms with van der Waals surface area (Å²) in [5.41, 5.74) is 0.933. The summed E-state index contributed by atoms with van der Waals surface area (Å²) in [6, 6.07) is 11.1. The van der Waals surface area contributed by atoms with Crippen LogP contribution < -0.4 is 23.8 Å². The number of hydrogen-bond acceptors (Lipinski definition) is 7. The van der Waals surface area contributed by atoms with E-state index in [0.717, 1.165) is 48.2 Å². The van der Waals surface area contributed by atoms with Crippen molar-refractivity contribution in [3.63, 3.8) is 0 Å². The molecule has 1 fully saturated rings. The fourth-order valence-corrected chi connectivity index (χ4v) is 5.56. The van der Waals surface area contributed by atoms with Gasteiger partial charge in [0.05, 0.1) is 33.3 Å². The summed E-state index contributed by atoms with van der Waals surface area (Å²) in [6.45, 7) is 1.23. The van der Waals surface area contributed by atoms with Gasteiger partial charge in [0.2, 0.25) is 21.8 Å². The number of hydrogen-bond donors (Lipinski definition) is 1. The van der Waals surface area contributed by atoms with Gasteiger partial charge in [-0.3, -0.25) is 13.9 Å². The van der Waals surface area contributed by atoms with E-state index >= 15 is 0 Å². The van der Waals surface area contributed by atoms with E-state index in [1.165, 1.54) is 25.2 Å². The van der Waals surface area contributed by atoms with Crippen molar-refractivity contribution in [2.75, 3.05) is 38.4 Å². The molecule has 1 N–H and O–H groups in total. The van der Waals surface area contributed by atoms with Gasteiger partial charge in [0.25, 0.3) is 0 Å². The van der Waals surface area contributed by atoms with Crippen molar-refractivity contribution in [1.29, 1.82) is 0 Å². The fourth-order valence-electron chi connectivity index (χ4n) is 4.70. The molecular weight excluding hydrogens is 522 g/mol. The number of carbonyl (C=O) groups excluding carboxylic acids is 2. The minimum atomic E-state index is -3.91. The van der Waals surface area contributed by atoms with Gasteiger partial charge in [-0.25, -0.2) is 8.42 Å². The lowest BCUT2D eigenvalue weighted by Crippen LogP contribution is -2.53. The molecule has 0 bridgehead atoms. The van der Waals surface area contributed by atoms with Gasteiger partial charge in [0.15, 0.2) is 0 Å². The Balaban J connectivity index is 1.93. The van der Waals surface area contributed by atoms with Crippen molar-refractivity contribution < 1.29 is 32.2 Å². The molecule has 214 valence electrons. The highest BCUT2D eigenvalue weighted by molar-refractivity contribution is 7.92. The topological polar surface area (TPSA) is 114 Å². The zero-order valence-electron chi connectivity index (χ0n) is 23.3. The molecule has 1 aliphatic rings. The van der Waals surface area contributed by atoms with Gasteiger partial charge in [-0.15, -0.1) is 0 Å². The zero-order valence-corrected chi connectivity index (χ0v) is 24.1. The number of carbonyl (C=O) groups is 2. The fraction of sp³-hybridized carbons (Fsp3) is 0.500. The normalized spacial score (nSPS) is 14.7. The van der Waals surface area contributed by atoms with Crippen LogP contribution in [0.5, 0.6) is 17.2 Å². The van der Waals surface area contributed by atoms with Crippen LogP contribution in [-0.2, 0) is 26.2 Å². The lowest BCUT2D eigenvalue weighted by molar-refractivity contribution is -0.139. The van der Waals surface area contributed by atoms with Crippen LogP contribution in [0.1, 0.15) is 44.6 Å². The van der Waals surface area contributed by atoms with E-state index in [0.29, 0.717) is 11.5 Å². The average Bonchev–Trinajstić information content (AvgIpc) is 2.93. The largest absolute Gasteiger partial charge is 0.497 e. The second-order valence-corrected chi connectivity index (χ2v) is 11.6. The maximum Gasteiger partial charge on any atom is 0.244 e. The Kier molecular flexibility index (Phi) is 10.4. The number of anilines is 1. The lowest BCUT2D eigenvalue weighted by Gasteiger charge is -2.33.